The zero-order valence-electron chi connectivity index (χ0n) is 9.66. The molecule has 0 fully saturated rings. The van der Waals surface area contributed by atoms with Crippen LogP contribution in [0.2, 0.25) is 0 Å². The first kappa shape index (κ1) is 10.8. The lowest BCUT2D eigenvalue weighted by molar-refractivity contribution is 0.0982. The molecule has 0 unspecified atom stereocenters. The number of aromatic nitrogens is 1. The third-order valence-corrected chi connectivity index (χ3v) is 2.62. The number of fused-ring (bicyclic) bond motifs is 1. The standard InChI is InChI=1S/C14H15NO/c1-3-4-14(16)11-5-6-13-12(8-11)7-10(2)9-15-13/h5-9H,3-4H2,1-2H3. The highest BCUT2D eigenvalue weighted by molar-refractivity contribution is 5.99. The number of hydrogen-bond donors (Lipinski definition) is 0. The van der Waals surface area contributed by atoms with E-state index < -0.39 is 0 Å². The van der Waals surface area contributed by atoms with Gasteiger partial charge < -0.3 is 0 Å². The number of pyridine rings is 1. The number of Topliss-reactive ketones (excluding diaryl/α,β-unsaturated/α-hetero) is 1. The number of nitrogens with zero attached hydrogens (tertiary/aromatic N) is 1. The fourth-order valence-corrected chi connectivity index (χ4v) is 1.79. The lowest BCUT2D eigenvalue weighted by atomic mass is 10.0. The van der Waals surface area contributed by atoms with Gasteiger partial charge in [-0.05, 0) is 43.2 Å². The Hall–Kier alpha value is -1.70. The van der Waals surface area contributed by atoms with Gasteiger partial charge in [-0.2, -0.15) is 0 Å². The molecule has 0 N–H and O–H groups in total. The summed E-state index contributed by atoms with van der Waals surface area (Å²) in [4.78, 5) is 16.1. The number of carbonyl (C=O) groups excluding carboxylic acids is 1. The summed E-state index contributed by atoms with van der Waals surface area (Å²) in [5.74, 6) is 0.214. The van der Waals surface area contributed by atoms with E-state index in [-0.39, 0.29) is 5.78 Å². The van der Waals surface area contributed by atoms with Gasteiger partial charge in [-0.15, -0.1) is 0 Å². The van der Waals surface area contributed by atoms with Crippen molar-refractivity contribution in [1.29, 1.82) is 0 Å². The summed E-state index contributed by atoms with van der Waals surface area (Å²) < 4.78 is 0. The molecule has 0 amide bonds. The van der Waals surface area contributed by atoms with Gasteiger partial charge in [0, 0.05) is 23.6 Å². The van der Waals surface area contributed by atoms with Crippen LogP contribution in [0.15, 0.2) is 30.5 Å². The van der Waals surface area contributed by atoms with E-state index in [2.05, 4.69) is 11.1 Å². The van der Waals surface area contributed by atoms with Crippen LogP contribution >= 0.6 is 0 Å². The fraction of sp³-hybridized carbons (Fsp3) is 0.286. The van der Waals surface area contributed by atoms with Crippen molar-refractivity contribution in [2.24, 2.45) is 0 Å². The molecule has 16 heavy (non-hydrogen) atoms. The third kappa shape index (κ3) is 2.11. The maximum atomic E-state index is 11.8. The van der Waals surface area contributed by atoms with Crippen LogP contribution in [-0.4, -0.2) is 10.8 Å². The van der Waals surface area contributed by atoms with Crippen molar-refractivity contribution in [1.82, 2.24) is 4.98 Å². The van der Waals surface area contributed by atoms with E-state index in [1.807, 2.05) is 38.2 Å². The second kappa shape index (κ2) is 4.44. The summed E-state index contributed by atoms with van der Waals surface area (Å²) in [6, 6.07) is 7.78. The Morgan fingerprint density at radius 3 is 2.88 bits per heavy atom. The molecule has 0 aliphatic heterocycles. The molecule has 1 aromatic heterocycles. The van der Waals surface area contributed by atoms with Crippen LogP contribution in [0.1, 0.15) is 35.7 Å². The molecule has 0 atom stereocenters. The van der Waals surface area contributed by atoms with Gasteiger partial charge in [0.05, 0.1) is 5.52 Å². The lowest BCUT2D eigenvalue weighted by Gasteiger charge is -2.02. The summed E-state index contributed by atoms with van der Waals surface area (Å²) in [7, 11) is 0. The number of rotatable bonds is 3. The smallest absolute Gasteiger partial charge is 0.162 e. The Morgan fingerprint density at radius 1 is 1.31 bits per heavy atom. The van der Waals surface area contributed by atoms with Crippen LogP contribution < -0.4 is 0 Å². The van der Waals surface area contributed by atoms with Crippen molar-refractivity contribution in [2.75, 3.05) is 0 Å². The predicted molar refractivity (Wildman–Crippen MR) is 65.7 cm³/mol. The Labute approximate surface area is 95.3 Å². The van der Waals surface area contributed by atoms with Gasteiger partial charge in [0.1, 0.15) is 0 Å². The second-order valence-corrected chi connectivity index (χ2v) is 4.09. The molecule has 2 rings (SSSR count). The lowest BCUT2D eigenvalue weighted by Crippen LogP contribution is -1.97. The molecular formula is C14H15NO. The molecule has 0 radical (unpaired) electrons. The predicted octanol–water partition coefficient (Wildman–Crippen LogP) is 3.53. The van der Waals surface area contributed by atoms with E-state index in [1.54, 1.807) is 0 Å². The van der Waals surface area contributed by atoms with Crippen LogP contribution in [0.3, 0.4) is 0 Å². The second-order valence-electron chi connectivity index (χ2n) is 4.09. The largest absolute Gasteiger partial charge is 0.294 e. The topological polar surface area (TPSA) is 30.0 Å². The number of carbonyl (C=O) groups is 1. The van der Waals surface area contributed by atoms with Gasteiger partial charge >= 0.3 is 0 Å². The average molecular weight is 213 g/mol. The molecule has 2 aromatic rings. The highest BCUT2D eigenvalue weighted by atomic mass is 16.1. The average Bonchev–Trinajstić information content (AvgIpc) is 2.28. The van der Waals surface area contributed by atoms with Gasteiger partial charge in [-0.3, -0.25) is 9.78 Å². The van der Waals surface area contributed by atoms with E-state index in [9.17, 15) is 4.79 Å². The first-order valence-corrected chi connectivity index (χ1v) is 5.60. The molecular weight excluding hydrogens is 198 g/mol. The molecule has 1 heterocycles. The molecule has 1 aromatic carbocycles. The molecule has 0 spiro atoms. The van der Waals surface area contributed by atoms with Gasteiger partial charge in [0.15, 0.2) is 5.78 Å². The van der Waals surface area contributed by atoms with Crippen molar-refractivity contribution in [3.05, 3.63) is 41.6 Å². The zero-order chi connectivity index (χ0) is 11.5. The van der Waals surface area contributed by atoms with Crippen LogP contribution in [0.4, 0.5) is 0 Å². The minimum Gasteiger partial charge on any atom is -0.294 e. The molecule has 82 valence electrons. The van der Waals surface area contributed by atoms with Gasteiger partial charge in [-0.25, -0.2) is 0 Å². The summed E-state index contributed by atoms with van der Waals surface area (Å²) in [5, 5.41) is 1.04. The minimum absolute atomic E-state index is 0.214. The van der Waals surface area contributed by atoms with E-state index in [4.69, 9.17) is 0 Å². The Bertz CT molecular complexity index is 531. The van der Waals surface area contributed by atoms with Gasteiger partial charge in [0.25, 0.3) is 0 Å². The van der Waals surface area contributed by atoms with Crippen molar-refractivity contribution in [3.63, 3.8) is 0 Å². The highest BCUT2D eigenvalue weighted by Gasteiger charge is 2.05. The molecule has 0 aliphatic carbocycles. The first-order chi connectivity index (χ1) is 7.70. The number of hydrogen-bond acceptors (Lipinski definition) is 2. The van der Waals surface area contributed by atoms with Crippen molar-refractivity contribution < 1.29 is 4.79 Å². The highest BCUT2D eigenvalue weighted by Crippen LogP contribution is 2.16. The molecule has 0 saturated heterocycles. The summed E-state index contributed by atoms with van der Waals surface area (Å²) in [5.41, 5.74) is 2.85. The molecule has 0 bridgehead atoms. The molecule has 2 heteroatoms. The zero-order valence-corrected chi connectivity index (χ0v) is 9.66. The first-order valence-electron chi connectivity index (χ1n) is 5.60. The van der Waals surface area contributed by atoms with Gasteiger partial charge in [0.2, 0.25) is 0 Å². The maximum absolute atomic E-state index is 11.8. The van der Waals surface area contributed by atoms with Crippen molar-refractivity contribution in [2.45, 2.75) is 26.7 Å². The van der Waals surface area contributed by atoms with Crippen LogP contribution in [0, 0.1) is 6.92 Å². The Morgan fingerprint density at radius 2 is 2.12 bits per heavy atom. The number of benzene rings is 1. The van der Waals surface area contributed by atoms with Crippen LogP contribution in [0.25, 0.3) is 10.9 Å². The van der Waals surface area contributed by atoms with Crippen LogP contribution in [-0.2, 0) is 0 Å². The van der Waals surface area contributed by atoms with E-state index in [1.165, 1.54) is 0 Å². The van der Waals surface area contributed by atoms with E-state index in [0.29, 0.717) is 6.42 Å². The van der Waals surface area contributed by atoms with E-state index >= 15 is 0 Å². The van der Waals surface area contributed by atoms with Crippen molar-refractivity contribution >= 4 is 16.7 Å². The van der Waals surface area contributed by atoms with Gasteiger partial charge in [-0.1, -0.05) is 6.92 Å². The minimum atomic E-state index is 0.214. The number of ketones is 1. The Kier molecular flexibility index (Phi) is 3.00. The number of aryl methyl sites for hydroxylation is 1. The quantitative estimate of drug-likeness (QED) is 0.730. The Balaban J connectivity index is 2.46. The van der Waals surface area contributed by atoms with Crippen LogP contribution in [0.5, 0.6) is 0 Å². The molecule has 0 aliphatic rings. The van der Waals surface area contributed by atoms with Crippen molar-refractivity contribution in [3.8, 4) is 0 Å². The maximum Gasteiger partial charge on any atom is 0.162 e. The molecule has 2 nitrogen and oxygen atoms in total. The SMILES string of the molecule is CCCC(=O)c1ccc2ncc(C)cc2c1. The molecule has 0 saturated carbocycles. The summed E-state index contributed by atoms with van der Waals surface area (Å²) >= 11 is 0. The third-order valence-electron chi connectivity index (χ3n) is 2.62. The van der Waals surface area contributed by atoms with E-state index in [0.717, 1.165) is 28.5 Å². The summed E-state index contributed by atoms with van der Waals surface area (Å²) in [6.07, 6.45) is 3.35. The fourth-order valence-electron chi connectivity index (χ4n) is 1.79. The summed E-state index contributed by atoms with van der Waals surface area (Å²) in [6.45, 7) is 4.03. The normalized spacial score (nSPS) is 10.6. The monoisotopic (exact) mass is 213 g/mol.